The van der Waals surface area contributed by atoms with Gasteiger partial charge in [-0.25, -0.2) is 4.79 Å². The molecule has 1 aliphatic carbocycles. The van der Waals surface area contributed by atoms with E-state index in [-0.39, 0.29) is 25.1 Å². The molecule has 1 aliphatic heterocycles. The van der Waals surface area contributed by atoms with Crippen molar-refractivity contribution in [2.24, 2.45) is 0 Å². The van der Waals surface area contributed by atoms with E-state index in [0.29, 0.717) is 0 Å². The highest BCUT2D eigenvalue weighted by Crippen LogP contribution is 2.24. The van der Waals surface area contributed by atoms with Crippen molar-refractivity contribution in [3.05, 3.63) is 12.7 Å². The van der Waals surface area contributed by atoms with Gasteiger partial charge in [-0.05, 0) is 12.8 Å². The maximum absolute atomic E-state index is 11.6. The SMILES string of the molecule is C=CCOC(=O)NC1CC(=O)OC1OC1CCCCCCC1. The number of nitrogens with one attached hydrogen (secondary N) is 1. The van der Waals surface area contributed by atoms with Gasteiger partial charge in [-0.2, -0.15) is 0 Å². The number of alkyl carbamates (subject to hydrolysis) is 1. The molecule has 2 fully saturated rings. The lowest BCUT2D eigenvalue weighted by atomic mass is 9.98. The van der Waals surface area contributed by atoms with E-state index >= 15 is 0 Å². The number of hydrogen-bond acceptors (Lipinski definition) is 5. The minimum absolute atomic E-state index is 0.0877. The molecule has 0 aromatic rings. The van der Waals surface area contributed by atoms with Crippen LogP contribution in [-0.2, 0) is 19.0 Å². The molecule has 2 unspecified atom stereocenters. The van der Waals surface area contributed by atoms with Gasteiger partial charge in [-0.3, -0.25) is 4.79 Å². The van der Waals surface area contributed by atoms with Crippen LogP contribution in [0, 0.1) is 0 Å². The molecule has 0 radical (unpaired) electrons. The number of esters is 1. The molecule has 0 bridgehead atoms. The first-order valence-electron chi connectivity index (χ1n) is 8.08. The fourth-order valence-corrected chi connectivity index (χ4v) is 2.85. The predicted octanol–water partition coefficient (Wildman–Crippen LogP) is 2.67. The van der Waals surface area contributed by atoms with Gasteiger partial charge in [0, 0.05) is 0 Å². The van der Waals surface area contributed by atoms with E-state index in [4.69, 9.17) is 14.2 Å². The van der Waals surface area contributed by atoms with Crippen molar-refractivity contribution in [2.45, 2.75) is 69.8 Å². The second kappa shape index (κ2) is 8.78. The molecule has 1 saturated heterocycles. The summed E-state index contributed by atoms with van der Waals surface area (Å²) in [5, 5.41) is 2.63. The van der Waals surface area contributed by atoms with Crippen LogP contribution < -0.4 is 5.32 Å². The number of carbonyl (C=O) groups is 2. The molecule has 0 aromatic heterocycles. The maximum Gasteiger partial charge on any atom is 0.407 e. The summed E-state index contributed by atoms with van der Waals surface area (Å²) in [7, 11) is 0. The zero-order valence-corrected chi connectivity index (χ0v) is 12.9. The molecule has 2 aliphatic rings. The Labute approximate surface area is 131 Å². The predicted molar refractivity (Wildman–Crippen MR) is 80.2 cm³/mol. The normalized spacial score (nSPS) is 26.6. The molecule has 0 spiro atoms. The Kier molecular flexibility index (Phi) is 6.71. The quantitative estimate of drug-likeness (QED) is 0.624. The minimum Gasteiger partial charge on any atom is -0.445 e. The van der Waals surface area contributed by atoms with Crippen LogP contribution in [-0.4, -0.2) is 37.1 Å². The van der Waals surface area contributed by atoms with Crippen LogP contribution in [0.4, 0.5) is 4.79 Å². The van der Waals surface area contributed by atoms with Crippen molar-refractivity contribution in [3.63, 3.8) is 0 Å². The van der Waals surface area contributed by atoms with Crippen LogP contribution in [0.1, 0.15) is 51.4 Å². The van der Waals surface area contributed by atoms with Crippen molar-refractivity contribution >= 4 is 12.1 Å². The van der Waals surface area contributed by atoms with Gasteiger partial charge in [0.15, 0.2) is 0 Å². The number of cyclic esters (lactones) is 1. The summed E-state index contributed by atoms with van der Waals surface area (Å²) in [4.78, 5) is 23.1. The van der Waals surface area contributed by atoms with Crippen molar-refractivity contribution in [3.8, 4) is 0 Å². The molecule has 22 heavy (non-hydrogen) atoms. The van der Waals surface area contributed by atoms with E-state index < -0.39 is 18.4 Å². The molecular formula is C16H25NO5. The largest absolute Gasteiger partial charge is 0.445 e. The first-order valence-corrected chi connectivity index (χ1v) is 8.08. The molecular weight excluding hydrogens is 286 g/mol. The second-order valence-corrected chi connectivity index (χ2v) is 5.80. The standard InChI is InChI=1S/C16H25NO5/c1-2-10-20-16(19)17-13-11-14(18)22-15(13)21-12-8-6-4-3-5-7-9-12/h2,12-13,15H,1,3-11H2,(H,17,19). The van der Waals surface area contributed by atoms with Gasteiger partial charge in [0.1, 0.15) is 12.6 Å². The number of carbonyl (C=O) groups excluding carboxylic acids is 2. The number of rotatable bonds is 5. The van der Waals surface area contributed by atoms with Gasteiger partial charge in [0.25, 0.3) is 0 Å². The lowest BCUT2D eigenvalue weighted by Gasteiger charge is -2.26. The first kappa shape index (κ1) is 16.8. The third-order valence-corrected chi connectivity index (χ3v) is 3.98. The molecule has 2 rings (SSSR count). The summed E-state index contributed by atoms with van der Waals surface area (Å²) < 4.78 is 16.0. The van der Waals surface area contributed by atoms with E-state index in [1.807, 2.05) is 0 Å². The highest BCUT2D eigenvalue weighted by molar-refractivity contribution is 5.75. The van der Waals surface area contributed by atoms with E-state index in [0.717, 1.165) is 25.7 Å². The Bertz CT molecular complexity index is 390. The minimum atomic E-state index is -0.715. The highest BCUT2D eigenvalue weighted by Gasteiger charge is 2.38. The van der Waals surface area contributed by atoms with Crippen molar-refractivity contribution in [2.75, 3.05) is 6.61 Å². The van der Waals surface area contributed by atoms with Crippen LogP contribution in [0.15, 0.2) is 12.7 Å². The average Bonchev–Trinajstić information content (AvgIpc) is 2.79. The molecule has 1 heterocycles. The Balaban J connectivity index is 1.84. The third kappa shape index (κ3) is 5.33. The van der Waals surface area contributed by atoms with Crippen LogP contribution in [0.2, 0.25) is 0 Å². The summed E-state index contributed by atoms with van der Waals surface area (Å²) in [6, 6.07) is -0.491. The average molecular weight is 311 g/mol. The zero-order valence-electron chi connectivity index (χ0n) is 12.9. The summed E-state index contributed by atoms with van der Waals surface area (Å²) >= 11 is 0. The molecule has 1 amide bonds. The Morgan fingerprint density at radius 3 is 2.64 bits per heavy atom. The van der Waals surface area contributed by atoms with Crippen LogP contribution in [0.3, 0.4) is 0 Å². The van der Waals surface area contributed by atoms with Gasteiger partial charge in [-0.15, -0.1) is 0 Å². The summed E-state index contributed by atoms with van der Waals surface area (Å²) in [5.41, 5.74) is 0. The van der Waals surface area contributed by atoms with Crippen molar-refractivity contribution < 1.29 is 23.8 Å². The molecule has 1 saturated carbocycles. The zero-order chi connectivity index (χ0) is 15.8. The molecule has 124 valence electrons. The molecule has 6 heteroatoms. The van der Waals surface area contributed by atoms with E-state index in [1.165, 1.54) is 25.3 Å². The van der Waals surface area contributed by atoms with Crippen LogP contribution in [0.5, 0.6) is 0 Å². The highest BCUT2D eigenvalue weighted by atomic mass is 16.7. The number of hydrogen-bond donors (Lipinski definition) is 1. The van der Waals surface area contributed by atoms with Gasteiger partial charge in [-0.1, -0.05) is 44.8 Å². The summed E-state index contributed by atoms with van der Waals surface area (Å²) in [6.07, 6.45) is 8.31. The lowest BCUT2D eigenvalue weighted by Crippen LogP contribution is -2.43. The summed E-state index contributed by atoms with van der Waals surface area (Å²) in [5.74, 6) is -0.357. The van der Waals surface area contributed by atoms with Crippen molar-refractivity contribution in [1.29, 1.82) is 0 Å². The lowest BCUT2D eigenvalue weighted by molar-refractivity contribution is -0.177. The van der Waals surface area contributed by atoms with Gasteiger partial charge < -0.3 is 19.5 Å². The summed E-state index contributed by atoms with van der Waals surface area (Å²) in [6.45, 7) is 3.60. The van der Waals surface area contributed by atoms with Crippen molar-refractivity contribution in [1.82, 2.24) is 5.32 Å². The Hall–Kier alpha value is -1.56. The van der Waals surface area contributed by atoms with E-state index in [9.17, 15) is 9.59 Å². The van der Waals surface area contributed by atoms with Gasteiger partial charge in [0.2, 0.25) is 6.29 Å². The fourth-order valence-electron chi connectivity index (χ4n) is 2.85. The van der Waals surface area contributed by atoms with Gasteiger partial charge in [0.05, 0.1) is 12.5 Å². The fraction of sp³-hybridized carbons (Fsp3) is 0.750. The molecule has 0 aromatic carbocycles. The smallest absolute Gasteiger partial charge is 0.407 e. The monoisotopic (exact) mass is 311 g/mol. The molecule has 1 N–H and O–H groups in total. The second-order valence-electron chi connectivity index (χ2n) is 5.80. The first-order chi connectivity index (χ1) is 10.7. The van der Waals surface area contributed by atoms with E-state index in [1.54, 1.807) is 0 Å². The van der Waals surface area contributed by atoms with Gasteiger partial charge >= 0.3 is 12.1 Å². The van der Waals surface area contributed by atoms with Crippen LogP contribution >= 0.6 is 0 Å². The Morgan fingerprint density at radius 2 is 1.95 bits per heavy atom. The molecule has 2 atom stereocenters. The van der Waals surface area contributed by atoms with Crippen LogP contribution in [0.25, 0.3) is 0 Å². The topological polar surface area (TPSA) is 73.9 Å². The number of amides is 1. The Morgan fingerprint density at radius 1 is 1.27 bits per heavy atom. The maximum atomic E-state index is 11.6. The molecule has 6 nitrogen and oxygen atoms in total. The van der Waals surface area contributed by atoms with E-state index in [2.05, 4.69) is 11.9 Å². The number of ether oxygens (including phenoxy) is 3. The third-order valence-electron chi connectivity index (χ3n) is 3.98.